The molecule has 4 rings (SSSR count). The van der Waals surface area contributed by atoms with Crippen LogP contribution in [-0.4, -0.2) is 25.1 Å². The molecule has 4 fully saturated rings. The van der Waals surface area contributed by atoms with Crippen molar-refractivity contribution < 1.29 is 0 Å². The number of rotatable bonds is 2. The van der Waals surface area contributed by atoms with Gasteiger partial charge in [0.15, 0.2) is 0 Å². The normalized spacial score (nSPS) is 37.5. The fourth-order valence-electron chi connectivity index (χ4n) is 6.98. The van der Waals surface area contributed by atoms with E-state index in [0.717, 1.165) is 30.4 Å². The van der Waals surface area contributed by atoms with Gasteiger partial charge in [-0.3, -0.25) is 0 Å². The van der Waals surface area contributed by atoms with Crippen LogP contribution in [0.3, 0.4) is 0 Å². The zero-order chi connectivity index (χ0) is 16.3. The van der Waals surface area contributed by atoms with E-state index in [-0.39, 0.29) is 0 Å². The molecule has 22 heavy (non-hydrogen) atoms. The first-order chi connectivity index (χ1) is 10.1. The fourth-order valence-corrected chi connectivity index (χ4v) is 17.0. The van der Waals surface area contributed by atoms with Crippen molar-refractivity contribution in [3.05, 3.63) is 9.06 Å². The molecule has 0 spiro atoms. The molecule has 1 aliphatic carbocycles. The van der Waals surface area contributed by atoms with Gasteiger partial charge in [-0.25, -0.2) is 0 Å². The molecule has 2 heteroatoms. The Morgan fingerprint density at radius 2 is 1.59 bits per heavy atom. The summed E-state index contributed by atoms with van der Waals surface area (Å²) in [5.41, 5.74) is 2.44. The van der Waals surface area contributed by atoms with Crippen molar-refractivity contribution >= 4 is 25.1 Å². The summed E-state index contributed by atoms with van der Waals surface area (Å²) in [6, 6.07) is 0. The van der Waals surface area contributed by atoms with Gasteiger partial charge < -0.3 is 0 Å². The molecule has 3 unspecified atom stereocenters. The van der Waals surface area contributed by atoms with Crippen LogP contribution >= 0.6 is 0 Å². The van der Waals surface area contributed by atoms with Crippen molar-refractivity contribution in [3.8, 4) is 0 Å². The number of hydrogen-bond donors (Lipinski definition) is 0. The third-order valence-corrected chi connectivity index (χ3v) is 14.1. The van der Waals surface area contributed by atoms with Crippen LogP contribution in [0.4, 0.5) is 0 Å². The predicted octanol–water partition coefficient (Wildman–Crippen LogP) is 6.33. The zero-order valence-electron chi connectivity index (χ0n) is 16.1. The molecule has 0 amide bonds. The topological polar surface area (TPSA) is 0 Å². The molecule has 3 atom stereocenters. The average molecular weight is 407 g/mol. The minimum atomic E-state index is -2.09. The summed E-state index contributed by atoms with van der Waals surface area (Å²) < 4.78 is 2.02. The standard InChI is InChI=1S/C17H28B.3CH3.Sn/c1-5-15-14-7-12-6-13(8-14)11-18(10-12)16(15)9-17(2,3)4;;;;/h12-15H,5-8,10-11H2,1-4H3;3*1H3;. The van der Waals surface area contributed by atoms with Crippen molar-refractivity contribution in [2.24, 2.45) is 29.1 Å². The molecule has 0 aromatic rings. The van der Waals surface area contributed by atoms with E-state index in [1.54, 1.807) is 31.9 Å². The Balaban J connectivity index is 2.18. The van der Waals surface area contributed by atoms with E-state index in [1.807, 2.05) is 9.06 Å². The molecule has 0 aromatic carbocycles. The Morgan fingerprint density at radius 1 is 1.05 bits per heavy atom. The second-order valence-corrected chi connectivity index (χ2v) is 25.0. The molecule has 3 saturated heterocycles. The number of hydrogen-bond acceptors (Lipinski definition) is 0. The maximum absolute atomic E-state index is 2.67. The van der Waals surface area contributed by atoms with Gasteiger partial charge in [0, 0.05) is 0 Å². The van der Waals surface area contributed by atoms with Gasteiger partial charge in [0.05, 0.1) is 0 Å². The molecule has 0 nitrogen and oxygen atoms in total. The van der Waals surface area contributed by atoms with Gasteiger partial charge in [0.25, 0.3) is 0 Å². The fraction of sp³-hybridized carbons (Fsp3) is 0.900. The quantitative estimate of drug-likeness (QED) is 0.470. The first-order valence-electron chi connectivity index (χ1n) is 9.86. The molecule has 3 heterocycles. The van der Waals surface area contributed by atoms with Crippen LogP contribution in [0.25, 0.3) is 0 Å². The van der Waals surface area contributed by atoms with Crippen molar-refractivity contribution in [3.63, 3.8) is 0 Å². The van der Waals surface area contributed by atoms with Crippen LogP contribution in [-0.2, 0) is 0 Å². The summed E-state index contributed by atoms with van der Waals surface area (Å²) in [4.78, 5) is 8.01. The van der Waals surface area contributed by atoms with Crippen LogP contribution in [0.5, 0.6) is 0 Å². The van der Waals surface area contributed by atoms with E-state index in [0.29, 0.717) is 5.41 Å². The molecule has 4 bridgehead atoms. The van der Waals surface area contributed by atoms with E-state index in [1.165, 1.54) is 6.42 Å². The second-order valence-electron chi connectivity index (χ2n) is 10.7. The summed E-state index contributed by atoms with van der Waals surface area (Å²) in [7, 11) is 0. The summed E-state index contributed by atoms with van der Waals surface area (Å²) >= 11 is -2.09. The Kier molecular flexibility index (Phi) is 4.63. The Hall–Kier alpha value is 0.604. The van der Waals surface area contributed by atoms with E-state index in [9.17, 15) is 0 Å². The van der Waals surface area contributed by atoms with E-state index >= 15 is 0 Å². The third kappa shape index (κ3) is 3.09. The van der Waals surface area contributed by atoms with E-state index < -0.39 is 18.4 Å². The molecular formula is C20H37BSn. The van der Waals surface area contributed by atoms with Crippen molar-refractivity contribution in [1.82, 2.24) is 0 Å². The average Bonchev–Trinajstić information content (AvgIpc) is 2.48. The van der Waals surface area contributed by atoms with Crippen molar-refractivity contribution in [1.29, 1.82) is 0 Å². The predicted molar refractivity (Wildman–Crippen MR) is 103 cm³/mol. The van der Waals surface area contributed by atoms with E-state index in [2.05, 4.69) is 42.5 Å². The van der Waals surface area contributed by atoms with Gasteiger partial charge in [0.2, 0.25) is 0 Å². The second kappa shape index (κ2) is 5.85. The van der Waals surface area contributed by atoms with Crippen molar-refractivity contribution in [2.45, 2.75) is 80.8 Å². The Labute approximate surface area is 143 Å². The zero-order valence-corrected chi connectivity index (χ0v) is 19.0. The van der Waals surface area contributed by atoms with E-state index in [4.69, 9.17) is 0 Å². The maximum atomic E-state index is 2.67. The third-order valence-electron chi connectivity index (χ3n) is 6.81. The van der Waals surface area contributed by atoms with Gasteiger partial charge in [0.1, 0.15) is 0 Å². The Bertz CT molecular complexity index is 435. The van der Waals surface area contributed by atoms with Crippen LogP contribution in [0.2, 0.25) is 27.5 Å². The molecule has 3 aliphatic heterocycles. The van der Waals surface area contributed by atoms with Crippen LogP contribution in [0.1, 0.15) is 53.4 Å². The number of allylic oxidation sites excluding steroid dienone is 2. The van der Waals surface area contributed by atoms with Gasteiger partial charge >= 0.3 is 144 Å². The minimum absolute atomic E-state index is 0.402. The SMILES string of the molecule is CCC1/C(=[C](/C(C)(C)C)[Sn]([CH3])([CH3])[CH3])B2CC3CC(C2)CC1C3. The van der Waals surface area contributed by atoms with Crippen LogP contribution < -0.4 is 0 Å². The Morgan fingerprint density at radius 3 is 2.00 bits per heavy atom. The summed E-state index contributed by atoms with van der Waals surface area (Å²) in [5, 5.41) is 0. The van der Waals surface area contributed by atoms with Crippen molar-refractivity contribution in [2.75, 3.05) is 0 Å². The molecular weight excluding hydrogens is 370 g/mol. The monoisotopic (exact) mass is 408 g/mol. The molecule has 1 saturated carbocycles. The molecule has 0 aromatic heterocycles. The molecule has 124 valence electrons. The molecule has 0 N–H and O–H groups in total. The van der Waals surface area contributed by atoms with Crippen LogP contribution in [0, 0.1) is 29.1 Å². The first-order valence-corrected chi connectivity index (χ1v) is 19.8. The first kappa shape index (κ1) is 17.4. The summed E-state index contributed by atoms with van der Waals surface area (Å²) in [5.74, 6) is 4.11. The van der Waals surface area contributed by atoms with Gasteiger partial charge in [-0.15, -0.1) is 0 Å². The summed E-state index contributed by atoms with van der Waals surface area (Å²) in [6.45, 7) is 11.0. The van der Waals surface area contributed by atoms with Gasteiger partial charge in [-0.2, -0.15) is 0 Å². The van der Waals surface area contributed by atoms with Crippen LogP contribution in [0.15, 0.2) is 9.06 Å². The van der Waals surface area contributed by atoms with Gasteiger partial charge in [-0.05, 0) is 0 Å². The summed E-state index contributed by atoms with van der Waals surface area (Å²) in [6.07, 6.45) is 9.18. The molecule has 0 radical (unpaired) electrons. The number of fused-ring (bicyclic) bond motifs is 1. The molecule has 4 aliphatic rings. The van der Waals surface area contributed by atoms with Gasteiger partial charge in [-0.1, -0.05) is 0 Å².